The van der Waals surface area contributed by atoms with Gasteiger partial charge in [0.15, 0.2) is 0 Å². The molecule has 0 saturated carbocycles. The molecule has 0 fully saturated rings. The molecule has 1 aromatic rings. The van der Waals surface area contributed by atoms with Crippen molar-refractivity contribution in [2.45, 2.75) is 20.0 Å². The van der Waals surface area contributed by atoms with Crippen LogP contribution in [0.25, 0.3) is 0 Å². The van der Waals surface area contributed by atoms with E-state index in [1.165, 1.54) is 0 Å². The van der Waals surface area contributed by atoms with Crippen molar-refractivity contribution in [3.05, 3.63) is 18.3 Å². The molecular weight excluding hydrogens is 206 g/mol. The van der Waals surface area contributed by atoms with Gasteiger partial charge in [0.25, 0.3) is 0 Å². The Kier molecular flexibility index (Phi) is 4.57. The minimum Gasteiger partial charge on any atom is -0.473 e. The summed E-state index contributed by atoms with van der Waals surface area (Å²) in [6.45, 7) is 4.06. The predicted molar refractivity (Wildman–Crippen MR) is 62.6 cm³/mol. The van der Waals surface area contributed by atoms with E-state index in [9.17, 15) is 4.79 Å². The van der Waals surface area contributed by atoms with Crippen molar-refractivity contribution in [1.82, 2.24) is 10.3 Å². The van der Waals surface area contributed by atoms with E-state index in [1.54, 1.807) is 19.3 Å². The molecule has 5 heteroatoms. The number of pyridine rings is 1. The fourth-order valence-corrected chi connectivity index (χ4v) is 1.11. The van der Waals surface area contributed by atoms with Gasteiger partial charge in [0.05, 0.1) is 18.3 Å². The summed E-state index contributed by atoms with van der Waals surface area (Å²) >= 11 is 0. The minimum absolute atomic E-state index is 0.0513. The molecule has 1 amide bonds. The van der Waals surface area contributed by atoms with Gasteiger partial charge in [0.2, 0.25) is 11.8 Å². The number of likely N-dealkylation sites (N-methyl/N-ethyl adjacent to an activating group) is 1. The number of nitrogens with zero attached hydrogens (tertiary/aromatic N) is 1. The zero-order valence-electron chi connectivity index (χ0n) is 9.78. The smallest absolute Gasteiger partial charge is 0.239 e. The van der Waals surface area contributed by atoms with Crippen LogP contribution in [-0.2, 0) is 4.79 Å². The largest absolute Gasteiger partial charge is 0.473 e. The van der Waals surface area contributed by atoms with Gasteiger partial charge >= 0.3 is 0 Å². The molecule has 0 saturated heterocycles. The monoisotopic (exact) mass is 223 g/mol. The van der Waals surface area contributed by atoms with Crippen molar-refractivity contribution in [2.24, 2.45) is 0 Å². The van der Waals surface area contributed by atoms with E-state index in [-0.39, 0.29) is 18.6 Å². The predicted octanol–water partition coefficient (Wildman–Crippen LogP) is 1.03. The zero-order valence-corrected chi connectivity index (χ0v) is 9.78. The minimum atomic E-state index is -0.0839. The van der Waals surface area contributed by atoms with Crippen LogP contribution in [0.2, 0.25) is 0 Å². The first-order valence-electron chi connectivity index (χ1n) is 5.19. The van der Waals surface area contributed by atoms with Crippen LogP contribution in [0, 0.1) is 0 Å². The van der Waals surface area contributed by atoms with Crippen LogP contribution in [-0.4, -0.2) is 30.6 Å². The number of nitrogens with one attached hydrogen (secondary N) is 2. The Bertz CT molecular complexity index is 353. The molecule has 88 valence electrons. The summed E-state index contributed by atoms with van der Waals surface area (Å²) < 4.78 is 5.51. The molecule has 0 unspecified atom stereocenters. The Labute approximate surface area is 95.2 Å². The Morgan fingerprint density at radius 3 is 2.94 bits per heavy atom. The van der Waals surface area contributed by atoms with E-state index in [0.717, 1.165) is 5.69 Å². The van der Waals surface area contributed by atoms with Crippen molar-refractivity contribution < 1.29 is 9.53 Å². The number of rotatable bonds is 5. The van der Waals surface area contributed by atoms with Crippen LogP contribution < -0.4 is 15.4 Å². The van der Waals surface area contributed by atoms with Crippen LogP contribution in [0.4, 0.5) is 5.69 Å². The van der Waals surface area contributed by atoms with E-state index in [1.807, 2.05) is 19.9 Å². The van der Waals surface area contributed by atoms with Crippen molar-refractivity contribution in [3.8, 4) is 5.88 Å². The van der Waals surface area contributed by atoms with Gasteiger partial charge in [0, 0.05) is 13.2 Å². The van der Waals surface area contributed by atoms with E-state index in [0.29, 0.717) is 5.88 Å². The molecule has 0 radical (unpaired) electrons. The molecule has 0 bridgehead atoms. The standard InChI is InChI=1S/C11H17N3O2/c1-8(2)16-11-9(5-4-6-13-11)14-7-10(15)12-3/h4-6,8,14H,7H2,1-3H3,(H,12,15). The maximum absolute atomic E-state index is 11.1. The van der Waals surface area contributed by atoms with E-state index >= 15 is 0 Å². The summed E-state index contributed by atoms with van der Waals surface area (Å²) in [5, 5.41) is 5.50. The molecule has 2 N–H and O–H groups in total. The van der Waals surface area contributed by atoms with Gasteiger partial charge in [-0.25, -0.2) is 4.98 Å². The number of ether oxygens (including phenoxy) is 1. The normalized spacial score (nSPS) is 10.0. The molecular formula is C11H17N3O2. The van der Waals surface area contributed by atoms with Crippen molar-refractivity contribution >= 4 is 11.6 Å². The third-order valence-electron chi connectivity index (χ3n) is 1.84. The molecule has 0 aliphatic heterocycles. The SMILES string of the molecule is CNC(=O)CNc1cccnc1OC(C)C. The summed E-state index contributed by atoms with van der Waals surface area (Å²) in [5.74, 6) is 0.431. The molecule has 1 aromatic heterocycles. The lowest BCUT2D eigenvalue weighted by molar-refractivity contribution is -0.118. The Morgan fingerprint density at radius 2 is 2.31 bits per heavy atom. The number of hydrogen-bond acceptors (Lipinski definition) is 4. The highest BCUT2D eigenvalue weighted by atomic mass is 16.5. The summed E-state index contributed by atoms with van der Waals surface area (Å²) in [7, 11) is 1.60. The van der Waals surface area contributed by atoms with E-state index in [2.05, 4.69) is 15.6 Å². The molecule has 5 nitrogen and oxygen atoms in total. The number of aromatic nitrogens is 1. The molecule has 1 rings (SSSR count). The number of amides is 1. The van der Waals surface area contributed by atoms with Gasteiger partial charge in [0.1, 0.15) is 0 Å². The summed E-state index contributed by atoms with van der Waals surface area (Å²) in [5.41, 5.74) is 0.722. The second-order valence-corrected chi connectivity index (χ2v) is 3.55. The molecule has 16 heavy (non-hydrogen) atoms. The highest BCUT2D eigenvalue weighted by Crippen LogP contribution is 2.21. The van der Waals surface area contributed by atoms with Gasteiger partial charge in [-0.05, 0) is 26.0 Å². The Morgan fingerprint density at radius 1 is 1.56 bits per heavy atom. The van der Waals surface area contributed by atoms with Crippen molar-refractivity contribution in [2.75, 3.05) is 18.9 Å². The highest BCUT2D eigenvalue weighted by Gasteiger charge is 2.07. The van der Waals surface area contributed by atoms with Crippen LogP contribution in [0.1, 0.15) is 13.8 Å². The average Bonchev–Trinajstić information content (AvgIpc) is 2.26. The van der Waals surface area contributed by atoms with E-state index < -0.39 is 0 Å². The van der Waals surface area contributed by atoms with Crippen LogP contribution in [0.5, 0.6) is 5.88 Å². The second-order valence-electron chi connectivity index (χ2n) is 3.55. The molecule has 0 spiro atoms. The average molecular weight is 223 g/mol. The molecule has 0 atom stereocenters. The molecule has 0 aromatic carbocycles. The van der Waals surface area contributed by atoms with Gasteiger partial charge in [-0.3, -0.25) is 4.79 Å². The van der Waals surface area contributed by atoms with Gasteiger partial charge < -0.3 is 15.4 Å². The first kappa shape index (κ1) is 12.3. The third kappa shape index (κ3) is 3.76. The Balaban J connectivity index is 2.67. The lowest BCUT2D eigenvalue weighted by Crippen LogP contribution is -2.26. The summed E-state index contributed by atoms with van der Waals surface area (Å²) in [6.07, 6.45) is 1.71. The second kappa shape index (κ2) is 5.95. The van der Waals surface area contributed by atoms with E-state index in [4.69, 9.17) is 4.74 Å². The van der Waals surface area contributed by atoms with Crippen LogP contribution in [0.15, 0.2) is 18.3 Å². The molecule has 0 aliphatic rings. The Hall–Kier alpha value is -1.78. The zero-order chi connectivity index (χ0) is 12.0. The summed E-state index contributed by atoms with van der Waals surface area (Å²) in [4.78, 5) is 15.2. The van der Waals surface area contributed by atoms with Gasteiger partial charge in [-0.1, -0.05) is 0 Å². The third-order valence-corrected chi connectivity index (χ3v) is 1.84. The van der Waals surface area contributed by atoms with Crippen LogP contribution >= 0.6 is 0 Å². The van der Waals surface area contributed by atoms with Gasteiger partial charge in [-0.2, -0.15) is 0 Å². The quantitative estimate of drug-likeness (QED) is 0.782. The van der Waals surface area contributed by atoms with Gasteiger partial charge in [-0.15, -0.1) is 0 Å². The molecule has 0 aliphatic carbocycles. The number of hydrogen-bond donors (Lipinski definition) is 2. The fourth-order valence-electron chi connectivity index (χ4n) is 1.11. The number of carbonyl (C=O) groups excluding carboxylic acids is 1. The van der Waals surface area contributed by atoms with Crippen LogP contribution in [0.3, 0.4) is 0 Å². The fraction of sp³-hybridized carbons (Fsp3) is 0.455. The topological polar surface area (TPSA) is 63.2 Å². The number of carbonyl (C=O) groups is 1. The van der Waals surface area contributed by atoms with Crippen molar-refractivity contribution in [1.29, 1.82) is 0 Å². The maximum atomic E-state index is 11.1. The first-order chi connectivity index (χ1) is 7.63. The van der Waals surface area contributed by atoms with Crippen molar-refractivity contribution in [3.63, 3.8) is 0 Å². The number of anilines is 1. The first-order valence-corrected chi connectivity index (χ1v) is 5.19. The highest BCUT2D eigenvalue weighted by molar-refractivity contribution is 5.80. The summed E-state index contributed by atoms with van der Waals surface area (Å²) in [6, 6.07) is 3.62. The molecule has 1 heterocycles. The lowest BCUT2D eigenvalue weighted by atomic mass is 10.4. The maximum Gasteiger partial charge on any atom is 0.239 e. The lowest BCUT2D eigenvalue weighted by Gasteiger charge is -2.13.